The lowest BCUT2D eigenvalue weighted by molar-refractivity contribution is -0.137. The van der Waals surface area contributed by atoms with Crippen molar-refractivity contribution in [1.29, 1.82) is 0 Å². The molecule has 1 aromatic carbocycles. The summed E-state index contributed by atoms with van der Waals surface area (Å²) in [5.74, 6) is 0.00295. The summed E-state index contributed by atoms with van der Waals surface area (Å²) in [6.07, 6.45) is 7.35. The molecule has 0 fully saturated rings. The standard InChI is InChI=1S/C26H24Cl3F3N2O2/c1-14(2)36-21-13-17(26(30,31)32)7-12-20(21)24-33-22(15-3-8-18(27)9-4-15)23(34(24)25(29)35)16-5-10-19(28)11-6-16/h3,5-10,12-15,19,22-23H,4,11H2,1-2H3. The van der Waals surface area contributed by atoms with E-state index in [1.54, 1.807) is 19.9 Å². The van der Waals surface area contributed by atoms with Crippen molar-refractivity contribution in [3.05, 3.63) is 76.4 Å². The Morgan fingerprint density at radius 3 is 2.47 bits per heavy atom. The van der Waals surface area contributed by atoms with Crippen molar-refractivity contribution >= 4 is 46.0 Å². The van der Waals surface area contributed by atoms with E-state index >= 15 is 0 Å². The number of ether oxygens (including phenoxy) is 1. The summed E-state index contributed by atoms with van der Waals surface area (Å²) in [4.78, 5) is 19.1. The van der Waals surface area contributed by atoms with E-state index in [0.29, 0.717) is 17.9 Å². The fourth-order valence-corrected chi connectivity index (χ4v) is 5.06. The van der Waals surface area contributed by atoms with Crippen LogP contribution in [0.1, 0.15) is 37.8 Å². The van der Waals surface area contributed by atoms with Gasteiger partial charge in [0.25, 0.3) is 0 Å². The minimum Gasteiger partial charge on any atom is -0.490 e. The summed E-state index contributed by atoms with van der Waals surface area (Å²) >= 11 is 18.5. The number of hydrogen-bond acceptors (Lipinski definition) is 3. The number of carbonyl (C=O) groups excluding carboxylic acids is 1. The highest BCUT2D eigenvalue weighted by Gasteiger charge is 2.45. The molecule has 36 heavy (non-hydrogen) atoms. The summed E-state index contributed by atoms with van der Waals surface area (Å²) in [7, 11) is 0. The van der Waals surface area contributed by atoms with E-state index in [2.05, 4.69) is 0 Å². The zero-order valence-corrected chi connectivity index (χ0v) is 21.7. The summed E-state index contributed by atoms with van der Waals surface area (Å²) in [5.41, 5.74) is 0.192. The van der Waals surface area contributed by atoms with Gasteiger partial charge in [0, 0.05) is 11.0 Å². The molecule has 2 aliphatic carbocycles. The molecule has 0 saturated carbocycles. The van der Waals surface area contributed by atoms with E-state index in [-0.39, 0.29) is 28.4 Å². The number of rotatable bonds is 5. The van der Waals surface area contributed by atoms with E-state index in [4.69, 9.17) is 44.5 Å². The van der Waals surface area contributed by atoms with Gasteiger partial charge in [-0.15, -0.1) is 11.6 Å². The highest BCUT2D eigenvalue weighted by molar-refractivity contribution is 6.64. The number of halogens is 6. The van der Waals surface area contributed by atoms with Crippen LogP contribution in [0.15, 0.2) is 70.3 Å². The second-order valence-corrected chi connectivity index (χ2v) is 10.4. The van der Waals surface area contributed by atoms with Crippen LogP contribution >= 0.6 is 34.8 Å². The molecule has 4 nitrogen and oxygen atoms in total. The third-order valence-electron chi connectivity index (χ3n) is 6.15. The normalized spacial score (nSPS) is 26.1. The Kier molecular flexibility index (Phi) is 7.93. The molecule has 4 unspecified atom stereocenters. The first-order chi connectivity index (χ1) is 17.0. The minimum atomic E-state index is -4.56. The molecule has 0 radical (unpaired) electrons. The van der Waals surface area contributed by atoms with Crippen LogP contribution in [-0.2, 0) is 6.18 Å². The zero-order chi connectivity index (χ0) is 26.2. The van der Waals surface area contributed by atoms with Gasteiger partial charge in [0.2, 0.25) is 0 Å². The lowest BCUT2D eigenvalue weighted by Gasteiger charge is -2.32. The molecule has 192 valence electrons. The van der Waals surface area contributed by atoms with Crippen LogP contribution in [0.3, 0.4) is 0 Å². The Labute approximate surface area is 222 Å². The number of hydrogen-bond donors (Lipinski definition) is 0. The van der Waals surface area contributed by atoms with Crippen molar-refractivity contribution < 1.29 is 22.7 Å². The average molecular weight is 560 g/mol. The van der Waals surface area contributed by atoms with E-state index in [1.807, 2.05) is 30.4 Å². The largest absolute Gasteiger partial charge is 0.490 e. The van der Waals surface area contributed by atoms with Crippen molar-refractivity contribution in [3.8, 4) is 5.75 Å². The second kappa shape index (κ2) is 10.6. The van der Waals surface area contributed by atoms with Gasteiger partial charge in [-0.25, -0.2) is 0 Å². The maximum Gasteiger partial charge on any atom is 0.416 e. The maximum absolute atomic E-state index is 13.5. The highest BCUT2D eigenvalue weighted by atomic mass is 35.5. The Hall–Kier alpha value is -2.22. The van der Waals surface area contributed by atoms with Gasteiger partial charge < -0.3 is 4.74 Å². The summed E-state index contributed by atoms with van der Waals surface area (Å²) in [6, 6.07) is 2.11. The summed E-state index contributed by atoms with van der Waals surface area (Å²) in [5, 5.41) is -0.369. The molecule has 1 aromatic rings. The summed E-state index contributed by atoms with van der Waals surface area (Å²) in [6.45, 7) is 3.42. The van der Waals surface area contributed by atoms with Crippen molar-refractivity contribution in [1.82, 2.24) is 4.90 Å². The van der Waals surface area contributed by atoms with Crippen molar-refractivity contribution in [3.63, 3.8) is 0 Å². The lowest BCUT2D eigenvalue weighted by Crippen LogP contribution is -2.45. The number of benzene rings is 1. The molecule has 0 bridgehead atoms. The molecule has 4 atom stereocenters. The smallest absolute Gasteiger partial charge is 0.416 e. The molecule has 1 amide bonds. The fourth-order valence-electron chi connectivity index (χ4n) is 4.56. The number of amides is 1. The van der Waals surface area contributed by atoms with Crippen molar-refractivity contribution in [2.24, 2.45) is 10.9 Å². The molecule has 0 saturated heterocycles. The van der Waals surface area contributed by atoms with E-state index in [0.717, 1.165) is 17.7 Å². The van der Waals surface area contributed by atoms with Gasteiger partial charge in [-0.2, -0.15) is 13.2 Å². The van der Waals surface area contributed by atoms with Gasteiger partial charge in [0.1, 0.15) is 11.6 Å². The highest BCUT2D eigenvalue weighted by Crippen LogP contribution is 2.40. The first-order valence-corrected chi connectivity index (χ1v) is 12.7. The van der Waals surface area contributed by atoms with Crippen molar-refractivity contribution in [2.45, 2.75) is 56.4 Å². The van der Waals surface area contributed by atoms with Gasteiger partial charge in [-0.1, -0.05) is 42.0 Å². The number of carbonyl (C=O) groups is 1. The first-order valence-electron chi connectivity index (χ1n) is 11.5. The van der Waals surface area contributed by atoms with E-state index in [1.165, 1.54) is 11.0 Å². The van der Waals surface area contributed by atoms with Gasteiger partial charge in [0.05, 0.1) is 34.7 Å². The number of allylic oxidation sites excluding steroid dienone is 5. The summed E-state index contributed by atoms with van der Waals surface area (Å²) < 4.78 is 46.2. The van der Waals surface area contributed by atoms with Crippen LogP contribution in [0.2, 0.25) is 0 Å². The molecule has 4 rings (SSSR count). The first kappa shape index (κ1) is 26.8. The molecule has 0 N–H and O–H groups in total. The second-order valence-electron chi connectivity index (χ2n) is 9.05. The van der Waals surface area contributed by atoms with Crippen LogP contribution in [-0.4, -0.2) is 39.7 Å². The fraction of sp³-hybridized carbons (Fsp3) is 0.385. The van der Waals surface area contributed by atoms with Crippen molar-refractivity contribution in [2.75, 3.05) is 0 Å². The van der Waals surface area contributed by atoms with Gasteiger partial charge in [-0.05, 0) is 68.1 Å². The Bertz CT molecular complexity index is 1190. The number of alkyl halides is 4. The minimum absolute atomic E-state index is 0.0305. The van der Waals surface area contributed by atoms with Crippen LogP contribution in [0, 0.1) is 5.92 Å². The predicted octanol–water partition coefficient (Wildman–Crippen LogP) is 7.84. The quantitative estimate of drug-likeness (QED) is 0.209. The molecule has 0 aromatic heterocycles. The molecular formula is C26H24Cl3F3N2O2. The van der Waals surface area contributed by atoms with Gasteiger partial charge in [0.15, 0.2) is 0 Å². The van der Waals surface area contributed by atoms with Crippen LogP contribution in [0.5, 0.6) is 5.75 Å². The third-order valence-corrected chi connectivity index (χ3v) is 6.93. The zero-order valence-electron chi connectivity index (χ0n) is 19.5. The number of nitrogens with zero attached hydrogens (tertiary/aromatic N) is 2. The maximum atomic E-state index is 13.5. The van der Waals surface area contributed by atoms with Gasteiger partial charge in [-0.3, -0.25) is 14.7 Å². The molecule has 1 aliphatic heterocycles. The Morgan fingerprint density at radius 1 is 1.17 bits per heavy atom. The molecule has 1 heterocycles. The van der Waals surface area contributed by atoms with Crippen LogP contribution in [0.25, 0.3) is 0 Å². The number of aliphatic imine (C=N–C) groups is 1. The van der Waals surface area contributed by atoms with Crippen LogP contribution in [0.4, 0.5) is 18.0 Å². The van der Waals surface area contributed by atoms with Gasteiger partial charge >= 0.3 is 11.5 Å². The topological polar surface area (TPSA) is 41.9 Å². The average Bonchev–Trinajstić information content (AvgIpc) is 3.20. The van der Waals surface area contributed by atoms with E-state index in [9.17, 15) is 18.0 Å². The third kappa shape index (κ3) is 5.68. The lowest BCUT2D eigenvalue weighted by atomic mass is 9.84. The monoisotopic (exact) mass is 558 g/mol. The van der Waals surface area contributed by atoms with E-state index < -0.39 is 35.3 Å². The SMILES string of the molecule is CC(C)Oc1cc(C(F)(F)F)ccc1C1=NC(C2C=CC(Cl)=CC2)C(C2=CCC(Cl)C=C2)N1C(=O)Cl. The predicted molar refractivity (Wildman–Crippen MR) is 137 cm³/mol. The molecule has 3 aliphatic rings. The Balaban J connectivity index is 1.85. The number of amidine groups is 1. The van der Waals surface area contributed by atoms with Crippen LogP contribution < -0.4 is 4.74 Å². The Morgan fingerprint density at radius 2 is 1.92 bits per heavy atom. The molecule has 0 spiro atoms. The molecule has 10 heteroatoms. The molecular weight excluding hydrogens is 536 g/mol.